The van der Waals surface area contributed by atoms with Crippen LogP contribution in [-0.4, -0.2) is 30.1 Å². The largest absolute Gasteiger partial charge is 0.346 e. The topological polar surface area (TPSA) is 77.1 Å². The van der Waals surface area contributed by atoms with E-state index in [1.165, 1.54) is 6.33 Å². The Morgan fingerprint density at radius 1 is 1.39 bits per heavy atom. The zero-order valence-corrected chi connectivity index (χ0v) is 13.5. The molecule has 3 aromatic rings. The molecule has 1 atom stereocenters. The minimum Gasteiger partial charge on any atom is -0.346 e. The van der Waals surface area contributed by atoms with Gasteiger partial charge in [0.05, 0.1) is 23.9 Å². The third kappa shape index (κ3) is 2.94. The van der Waals surface area contributed by atoms with Gasteiger partial charge < -0.3 is 9.72 Å². The predicted octanol–water partition coefficient (Wildman–Crippen LogP) is 1.67. The smallest absolute Gasteiger partial charge is 0.226 e. The highest BCUT2D eigenvalue weighted by molar-refractivity contribution is 5.79. The minimum atomic E-state index is -0.190. The molecule has 0 aromatic carbocycles. The van der Waals surface area contributed by atoms with Crippen LogP contribution < -0.4 is 5.32 Å². The lowest BCUT2D eigenvalue weighted by atomic mass is 10.2. The molecule has 0 radical (unpaired) electrons. The molecule has 7 heteroatoms. The number of imidazole rings is 1. The lowest BCUT2D eigenvalue weighted by molar-refractivity contribution is -0.121. The molecule has 0 saturated carbocycles. The van der Waals surface area contributed by atoms with Gasteiger partial charge >= 0.3 is 0 Å². The lowest BCUT2D eigenvalue weighted by Gasteiger charge is -2.14. The first kappa shape index (κ1) is 15.2. The average Bonchev–Trinajstić information content (AvgIpc) is 3.12. The van der Waals surface area contributed by atoms with Crippen molar-refractivity contribution in [1.82, 2.24) is 29.5 Å². The van der Waals surface area contributed by atoms with Crippen LogP contribution in [0.4, 0.5) is 0 Å². The fourth-order valence-corrected chi connectivity index (χ4v) is 2.74. The van der Waals surface area contributed by atoms with Crippen molar-refractivity contribution in [3.63, 3.8) is 0 Å². The third-order valence-electron chi connectivity index (χ3n) is 3.87. The van der Waals surface area contributed by atoms with Crippen LogP contribution in [0.1, 0.15) is 37.1 Å². The Balaban J connectivity index is 1.75. The molecule has 120 valence electrons. The van der Waals surface area contributed by atoms with Crippen molar-refractivity contribution < 1.29 is 4.79 Å². The van der Waals surface area contributed by atoms with E-state index in [-0.39, 0.29) is 18.4 Å². The molecule has 3 rings (SSSR count). The molecule has 0 aliphatic rings. The molecule has 1 N–H and O–H groups in total. The number of fused-ring (bicyclic) bond motifs is 1. The Labute approximate surface area is 134 Å². The minimum absolute atomic E-state index is 0.0584. The summed E-state index contributed by atoms with van der Waals surface area (Å²) in [5.41, 5.74) is 2.63. The van der Waals surface area contributed by atoms with Gasteiger partial charge in [-0.1, -0.05) is 6.07 Å². The molecule has 23 heavy (non-hydrogen) atoms. The molecule has 3 aromatic heterocycles. The zero-order chi connectivity index (χ0) is 16.4. The third-order valence-corrected chi connectivity index (χ3v) is 3.87. The van der Waals surface area contributed by atoms with Gasteiger partial charge in [-0.2, -0.15) is 5.10 Å². The van der Waals surface area contributed by atoms with Crippen LogP contribution in [0.3, 0.4) is 0 Å². The Morgan fingerprint density at radius 3 is 3.00 bits per heavy atom. The summed E-state index contributed by atoms with van der Waals surface area (Å²) in [5, 5.41) is 7.12. The van der Waals surface area contributed by atoms with Crippen molar-refractivity contribution in [3.8, 4) is 0 Å². The molecular weight excluding hydrogens is 292 g/mol. The van der Waals surface area contributed by atoms with E-state index in [9.17, 15) is 4.79 Å². The summed E-state index contributed by atoms with van der Waals surface area (Å²) in [4.78, 5) is 21.1. The zero-order valence-electron chi connectivity index (χ0n) is 13.5. The Hall–Kier alpha value is -2.70. The standard InChI is InChI=1S/C16H20N6O/c1-4-22-16(17-10-18-22)12(3)20-15(23)9-13-11(2)19-14-7-5-6-8-21(13)14/h5-8,10,12H,4,9H2,1-3H3,(H,20,23)/t12-/m1/s1. The van der Waals surface area contributed by atoms with Crippen molar-refractivity contribution in [2.75, 3.05) is 0 Å². The summed E-state index contributed by atoms with van der Waals surface area (Å²) in [6, 6.07) is 5.61. The second kappa shape index (κ2) is 6.20. The Bertz CT molecular complexity index is 834. The fourth-order valence-electron chi connectivity index (χ4n) is 2.74. The van der Waals surface area contributed by atoms with Crippen molar-refractivity contribution >= 4 is 11.6 Å². The molecule has 0 unspecified atom stereocenters. The molecule has 0 aliphatic carbocycles. The molecule has 0 fully saturated rings. The van der Waals surface area contributed by atoms with Gasteiger partial charge in [0.25, 0.3) is 0 Å². The highest BCUT2D eigenvalue weighted by Crippen LogP contribution is 2.14. The van der Waals surface area contributed by atoms with Gasteiger partial charge in [0.15, 0.2) is 0 Å². The second-order valence-electron chi connectivity index (χ2n) is 5.47. The average molecular weight is 312 g/mol. The molecule has 0 aliphatic heterocycles. The first-order valence-corrected chi connectivity index (χ1v) is 7.69. The van der Waals surface area contributed by atoms with E-state index in [1.54, 1.807) is 4.68 Å². The summed E-state index contributed by atoms with van der Waals surface area (Å²) in [6.45, 7) is 6.55. The number of hydrogen-bond acceptors (Lipinski definition) is 4. The monoisotopic (exact) mass is 312 g/mol. The number of rotatable bonds is 5. The lowest BCUT2D eigenvalue weighted by Crippen LogP contribution is -2.30. The Morgan fingerprint density at radius 2 is 2.22 bits per heavy atom. The number of carbonyl (C=O) groups is 1. The maximum absolute atomic E-state index is 12.4. The van der Waals surface area contributed by atoms with E-state index >= 15 is 0 Å². The first-order valence-electron chi connectivity index (χ1n) is 7.69. The van der Waals surface area contributed by atoms with Crippen LogP contribution in [0, 0.1) is 6.92 Å². The number of hydrogen-bond donors (Lipinski definition) is 1. The van der Waals surface area contributed by atoms with Crippen molar-refractivity contribution in [1.29, 1.82) is 0 Å². The van der Waals surface area contributed by atoms with Crippen molar-refractivity contribution in [2.24, 2.45) is 0 Å². The number of aromatic nitrogens is 5. The van der Waals surface area contributed by atoms with Crippen LogP contribution >= 0.6 is 0 Å². The maximum Gasteiger partial charge on any atom is 0.226 e. The number of carbonyl (C=O) groups excluding carboxylic acids is 1. The van der Waals surface area contributed by atoms with Crippen LogP contribution in [0.15, 0.2) is 30.7 Å². The summed E-state index contributed by atoms with van der Waals surface area (Å²) < 4.78 is 3.73. The van der Waals surface area contributed by atoms with E-state index in [4.69, 9.17) is 0 Å². The van der Waals surface area contributed by atoms with Crippen LogP contribution in [-0.2, 0) is 17.8 Å². The predicted molar refractivity (Wildman–Crippen MR) is 85.9 cm³/mol. The quantitative estimate of drug-likeness (QED) is 0.777. The van der Waals surface area contributed by atoms with Gasteiger partial charge in [0.1, 0.15) is 17.8 Å². The van der Waals surface area contributed by atoms with Crippen LogP contribution in [0.25, 0.3) is 5.65 Å². The van der Waals surface area contributed by atoms with Crippen molar-refractivity contribution in [2.45, 2.75) is 39.8 Å². The number of nitrogens with one attached hydrogen (secondary N) is 1. The highest BCUT2D eigenvalue weighted by atomic mass is 16.1. The Kier molecular flexibility index (Phi) is 4.10. The molecule has 3 heterocycles. The van der Waals surface area contributed by atoms with Gasteiger partial charge in [-0.3, -0.25) is 4.79 Å². The summed E-state index contributed by atoms with van der Waals surface area (Å²) in [5.74, 6) is 0.702. The van der Waals surface area contributed by atoms with E-state index in [1.807, 2.05) is 49.6 Å². The van der Waals surface area contributed by atoms with E-state index in [0.29, 0.717) is 0 Å². The van der Waals surface area contributed by atoms with E-state index in [2.05, 4.69) is 20.4 Å². The van der Waals surface area contributed by atoms with Gasteiger partial charge in [-0.25, -0.2) is 14.6 Å². The van der Waals surface area contributed by atoms with E-state index < -0.39 is 0 Å². The molecular formula is C16H20N6O. The highest BCUT2D eigenvalue weighted by Gasteiger charge is 2.17. The van der Waals surface area contributed by atoms with Gasteiger partial charge in [-0.15, -0.1) is 0 Å². The SMILES string of the molecule is CCn1ncnc1[C@@H](C)NC(=O)Cc1c(C)nc2ccccn12. The first-order chi connectivity index (χ1) is 11.1. The normalized spacial score (nSPS) is 12.5. The number of nitrogens with zero attached hydrogens (tertiary/aromatic N) is 5. The van der Waals surface area contributed by atoms with Crippen molar-refractivity contribution in [3.05, 3.63) is 47.9 Å². The maximum atomic E-state index is 12.4. The number of aryl methyl sites for hydroxylation is 2. The molecule has 0 spiro atoms. The van der Waals surface area contributed by atoms with E-state index in [0.717, 1.165) is 29.4 Å². The number of amides is 1. The second-order valence-corrected chi connectivity index (χ2v) is 5.47. The summed E-state index contributed by atoms with van der Waals surface area (Å²) in [6.07, 6.45) is 3.72. The fraction of sp³-hybridized carbons (Fsp3) is 0.375. The molecule has 1 amide bonds. The summed E-state index contributed by atoms with van der Waals surface area (Å²) in [7, 11) is 0. The molecule has 0 bridgehead atoms. The summed E-state index contributed by atoms with van der Waals surface area (Å²) >= 11 is 0. The van der Waals surface area contributed by atoms with Crippen LogP contribution in [0.2, 0.25) is 0 Å². The van der Waals surface area contributed by atoms with Gasteiger partial charge in [-0.05, 0) is 32.9 Å². The van der Waals surface area contributed by atoms with Gasteiger partial charge in [0, 0.05) is 12.7 Å². The van der Waals surface area contributed by atoms with Crippen LogP contribution in [0.5, 0.6) is 0 Å². The molecule has 7 nitrogen and oxygen atoms in total. The molecule has 0 saturated heterocycles. The van der Waals surface area contributed by atoms with Gasteiger partial charge in [0.2, 0.25) is 5.91 Å². The number of pyridine rings is 1.